The third-order valence-electron chi connectivity index (χ3n) is 5.48. The zero-order valence-electron chi connectivity index (χ0n) is 14.6. The predicted octanol–water partition coefficient (Wildman–Crippen LogP) is 1.34. The van der Waals surface area contributed by atoms with Crippen molar-refractivity contribution in [3.63, 3.8) is 0 Å². The van der Waals surface area contributed by atoms with Crippen LogP contribution in [0, 0.1) is 5.41 Å². The van der Waals surface area contributed by atoms with Crippen LogP contribution in [0.5, 0.6) is 0 Å². The van der Waals surface area contributed by atoms with Crippen molar-refractivity contribution in [2.45, 2.75) is 45.1 Å². The summed E-state index contributed by atoms with van der Waals surface area (Å²) in [5, 5.41) is 3.13. The molecule has 5 nitrogen and oxygen atoms in total. The van der Waals surface area contributed by atoms with E-state index < -0.39 is 0 Å². The number of nitrogens with one attached hydrogen (secondary N) is 1. The number of carbonyl (C=O) groups excluding carboxylic acids is 1. The first-order valence-corrected chi connectivity index (χ1v) is 8.73. The summed E-state index contributed by atoms with van der Waals surface area (Å²) in [6, 6.07) is 0.496. The van der Waals surface area contributed by atoms with E-state index in [1.165, 1.54) is 19.3 Å². The Balaban J connectivity index is 1.62. The fraction of sp³-hybridized carbons (Fsp3) is 0.941. The van der Waals surface area contributed by atoms with E-state index >= 15 is 0 Å². The van der Waals surface area contributed by atoms with Gasteiger partial charge in [-0.05, 0) is 33.2 Å². The Morgan fingerprint density at radius 1 is 1.27 bits per heavy atom. The summed E-state index contributed by atoms with van der Waals surface area (Å²) in [6.07, 6.45) is 5.21. The lowest BCUT2D eigenvalue weighted by Crippen LogP contribution is -2.48. The lowest BCUT2D eigenvalue weighted by molar-refractivity contribution is -0.122. The fourth-order valence-corrected chi connectivity index (χ4v) is 3.51. The van der Waals surface area contributed by atoms with E-state index in [0.29, 0.717) is 12.5 Å². The van der Waals surface area contributed by atoms with E-state index in [1.807, 2.05) is 0 Å². The molecule has 1 N–H and O–H groups in total. The van der Waals surface area contributed by atoms with Gasteiger partial charge in [-0.25, -0.2) is 0 Å². The first-order chi connectivity index (χ1) is 10.5. The molecular formula is C17H33N3O2. The molecule has 0 aromatic carbocycles. The van der Waals surface area contributed by atoms with Crippen molar-refractivity contribution in [3.05, 3.63) is 0 Å². The highest BCUT2D eigenvalue weighted by atomic mass is 16.5. The molecule has 5 heteroatoms. The highest BCUT2D eigenvalue weighted by molar-refractivity contribution is 5.75. The third-order valence-corrected chi connectivity index (χ3v) is 5.48. The van der Waals surface area contributed by atoms with Crippen LogP contribution in [0.4, 0.5) is 0 Å². The molecule has 22 heavy (non-hydrogen) atoms. The first kappa shape index (κ1) is 17.7. The van der Waals surface area contributed by atoms with Crippen LogP contribution in [-0.4, -0.2) is 75.2 Å². The second-order valence-corrected chi connectivity index (χ2v) is 7.29. The van der Waals surface area contributed by atoms with Gasteiger partial charge in [0, 0.05) is 57.7 Å². The molecule has 0 radical (unpaired) electrons. The average Bonchev–Trinajstić information content (AvgIpc) is 2.48. The number of hydrogen-bond donors (Lipinski definition) is 1. The Hall–Kier alpha value is -0.650. The number of methoxy groups -OCH3 is 1. The maximum atomic E-state index is 12.1. The van der Waals surface area contributed by atoms with Crippen LogP contribution < -0.4 is 5.32 Å². The number of hydrogen-bond acceptors (Lipinski definition) is 4. The second-order valence-electron chi connectivity index (χ2n) is 7.29. The third kappa shape index (κ3) is 4.93. The van der Waals surface area contributed by atoms with Gasteiger partial charge in [0.2, 0.25) is 5.91 Å². The Morgan fingerprint density at radius 3 is 2.50 bits per heavy atom. The number of likely N-dealkylation sites (N-methyl/N-ethyl adjacent to an activating group) is 1. The molecule has 2 fully saturated rings. The molecule has 2 aliphatic rings. The maximum Gasteiger partial charge on any atom is 0.220 e. The molecule has 1 saturated heterocycles. The number of carbonyl (C=O) groups is 1. The lowest BCUT2D eigenvalue weighted by atomic mass is 9.69. The quantitative estimate of drug-likeness (QED) is 0.735. The van der Waals surface area contributed by atoms with Gasteiger partial charge < -0.3 is 15.0 Å². The van der Waals surface area contributed by atoms with Crippen LogP contribution >= 0.6 is 0 Å². The van der Waals surface area contributed by atoms with Gasteiger partial charge in [0.05, 0.1) is 6.61 Å². The zero-order chi connectivity index (χ0) is 16.0. The van der Waals surface area contributed by atoms with Gasteiger partial charge in [-0.3, -0.25) is 9.69 Å². The largest absolute Gasteiger partial charge is 0.384 e. The van der Waals surface area contributed by atoms with Crippen molar-refractivity contribution < 1.29 is 9.53 Å². The van der Waals surface area contributed by atoms with Gasteiger partial charge in [-0.1, -0.05) is 6.42 Å². The minimum absolute atomic E-state index is 0.198. The van der Waals surface area contributed by atoms with Crippen molar-refractivity contribution in [3.8, 4) is 0 Å². The molecule has 2 rings (SSSR count). The summed E-state index contributed by atoms with van der Waals surface area (Å²) in [4.78, 5) is 17.0. The molecule has 1 unspecified atom stereocenters. The van der Waals surface area contributed by atoms with Gasteiger partial charge in [0.15, 0.2) is 0 Å². The highest BCUT2D eigenvalue weighted by Crippen LogP contribution is 2.40. The molecule has 0 aromatic rings. The summed E-state index contributed by atoms with van der Waals surface area (Å²) >= 11 is 0. The summed E-state index contributed by atoms with van der Waals surface area (Å²) in [6.45, 7) is 8.31. The van der Waals surface area contributed by atoms with Crippen LogP contribution in [0.1, 0.15) is 39.0 Å². The smallest absolute Gasteiger partial charge is 0.220 e. The highest BCUT2D eigenvalue weighted by Gasteiger charge is 2.37. The lowest BCUT2D eigenvalue weighted by Gasteiger charge is -2.41. The van der Waals surface area contributed by atoms with Crippen molar-refractivity contribution >= 4 is 5.91 Å². The van der Waals surface area contributed by atoms with Crippen molar-refractivity contribution in [1.29, 1.82) is 0 Å². The van der Waals surface area contributed by atoms with Crippen molar-refractivity contribution in [2.24, 2.45) is 5.41 Å². The number of piperazine rings is 1. The van der Waals surface area contributed by atoms with Gasteiger partial charge in [-0.2, -0.15) is 0 Å². The topological polar surface area (TPSA) is 44.8 Å². The van der Waals surface area contributed by atoms with E-state index in [1.54, 1.807) is 7.11 Å². The van der Waals surface area contributed by atoms with Crippen LogP contribution in [0.25, 0.3) is 0 Å². The van der Waals surface area contributed by atoms with Crippen LogP contribution in [0.3, 0.4) is 0 Å². The number of amides is 1. The van der Waals surface area contributed by atoms with Gasteiger partial charge >= 0.3 is 0 Å². The number of ether oxygens (including phenoxy) is 1. The van der Waals surface area contributed by atoms with Crippen molar-refractivity contribution in [2.75, 3.05) is 53.5 Å². The van der Waals surface area contributed by atoms with Crippen molar-refractivity contribution in [1.82, 2.24) is 15.1 Å². The monoisotopic (exact) mass is 311 g/mol. The van der Waals surface area contributed by atoms with Crippen LogP contribution in [-0.2, 0) is 9.53 Å². The summed E-state index contributed by atoms with van der Waals surface area (Å²) in [5.74, 6) is 0.198. The second kappa shape index (κ2) is 8.27. The van der Waals surface area contributed by atoms with Crippen LogP contribution in [0.2, 0.25) is 0 Å². The van der Waals surface area contributed by atoms with Gasteiger partial charge in [-0.15, -0.1) is 0 Å². The molecule has 0 aromatic heterocycles. The summed E-state index contributed by atoms with van der Waals surface area (Å²) in [5.41, 5.74) is 0.216. The first-order valence-electron chi connectivity index (χ1n) is 8.73. The maximum absolute atomic E-state index is 12.1. The molecule has 0 bridgehead atoms. The van der Waals surface area contributed by atoms with E-state index in [4.69, 9.17) is 4.74 Å². The number of rotatable bonds is 8. The Labute approximate surface area is 135 Å². The van der Waals surface area contributed by atoms with E-state index in [-0.39, 0.29) is 11.3 Å². The Morgan fingerprint density at radius 2 is 1.95 bits per heavy atom. The number of nitrogens with zero attached hydrogens (tertiary/aromatic N) is 2. The summed E-state index contributed by atoms with van der Waals surface area (Å²) < 4.78 is 5.31. The van der Waals surface area contributed by atoms with E-state index in [2.05, 4.69) is 29.1 Å². The molecule has 1 saturated carbocycles. The fourth-order valence-electron chi connectivity index (χ4n) is 3.51. The zero-order valence-corrected chi connectivity index (χ0v) is 14.6. The molecule has 1 aliphatic carbocycles. The van der Waals surface area contributed by atoms with E-state index in [9.17, 15) is 4.79 Å². The van der Waals surface area contributed by atoms with Crippen LogP contribution in [0.15, 0.2) is 0 Å². The molecule has 1 amide bonds. The minimum atomic E-state index is 0.198. The van der Waals surface area contributed by atoms with E-state index in [0.717, 1.165) is 45.8 Å². The Kier molecular flexibility index (Phi) is 6.66. The normalized spacial score (nSPS) is 23.8. The Bertz CT molecular complexity index is 350. The standard InChI is InChI=1S/C17H33N3O2/c1-15(20-11-9-19(2)10-12-20)5-6-16(21)18-13-17(14-22-3)7-4-8-17/h15H,4-14H2,1-3H3,(H,18,21). The molecule has 0 spiro atoms. The minimum Gasteiger partial charge on any atom is -0.384 e. The average molecular weight is 311 g/mol. The summed E-state index contributed by atoms with van der Waals surface area (Å²) in [7, 11) is 3.92. The molecule has 1 heterocycles. The SMILES string of the molecule is COCC1(CNC(=O)CCC(C)N2CCN(C)CC2)CCC1. The molecule has 1 atom stereocenters. The molecule has 1 aliphatic heterocycles. The van der Waals surface area contributed by atoms with Gasteiger partial charge in [0.25, 0.3) is 0 Å². The molecule has 128 valence electrons. The molecular weight excluding hydrogens is 278 g/mol. The predicted molar refractivity (Wildman–Crippen MR) is 88.9 cm³/mol. The van der Waals surface area contributed by atoms with Gasteiger partial charge in [0.1, 0.15) is 0 Å².